The number of nitrogens with zero attached hydrogens (tertiary/aromatic N) is 2. The zero-order valence-corrected chi connectivity index (χ0v) is 12.9. The third kappa shape index (κ3) is 1.71. The summed E-state index contributed by atoms with van der Waals surface area (Å²) in [5.41, 5.74) is -0.140. The van der Waals surface area contributed by atoms with E-state index in [1.807, 2.05) is 19.1 Å². The number of nitrogens with two attached hydrogens (primary N) is 1. The van der Waals surface area contributed by atoms with Gasteiger partial charge in [0.1, 0.15) is 22.5 Å². The minimum Gasteiger partial charge on any atom is -0.452 e. The van der Waals surface area contributed by atoms with E-state index in [1.54, 1.807) is 13.0 Å². The van der Waals surface area contributed by atoms with Crippen LogP contribution in [0.2, 0.25) is 0 Å². The van der Waals surface area contributed by atoms with E-state index in [4.69, 9.17) is 14.7 Å². The van der Waals surface area contributed by atoms with E-state index in [1.165, 1.54) is 6.92 Å². The van der Waals surface area contributed by atoms with Gasteiger partial charge in [-0.1, -0.05) is 11.6 Å². The van der Waals surface area contributed by atoms with Crippen molar-refractivity contribution in [3.8, 4) is 0 Å². The fourth-order valence-corrected chi connectivity index (χ4v) is 2.93. The number of hydrogen-bond donors (Lipinski definition) is 2. The molecule has 0 bridgehead atoms. The van der Waals surface area contributed by atoms with Gasteiger partial charge in [-0.15, -0.1) is 0 Å². The summed E-state index contributed by atoms with van der Waals surface area (Å²) in [5, 5.41) is 12.6. The van der Waals surface area contributed by atoms with Crippen LogP contribution in [0.25, 0.3) is 21.9 Å². The van der Waals surface area contributed by atoms with Crippen LogP contribution in [0.1, 0.15) is 25.2 Å². The molecule has 0 radical (unpaired) electrons. The van der Waals surface area contributed by atoms with Crippen molar-refractivity contribution in [1.29, 1.82) is 0 Å². The zero-order valence-electron chi connectivity index (χ0n) is 12.9. The quantitative estimate of drug-likeness (QED) is 0.487. The number of furan rings is 1. The Bertz CT molecular complexity index is 1060. The van der Waals surface area contributed by atoms with Crippen molar-refractivity contribution in [2.45, 2.75) is 26.5 Å². The van der Waals surface area contributed by atoms with Gasteiger partial charge in [-0.05, 0) is 32.9 Å². The summed E-state index contributed by atoms with van der Waals surface area (Å²) in [4.78, 5) is 16.7. The Morgan fingerprint density at radius 1 is 1.30 bits per heavy atom. The normalized spacial score (nSPS) is 20.9. The molecule has 1 aliphatic rings. The Balaban J connectivity index is 2.23. The van der Waals surface area contributed by atoms with E-state index in [-0.39, 0.29) is 16.8 Å². The smallest absolute Gasteiger partial charge is 0.349 e. The molecule has 7 heteroatoms. The highest BCUT2D eigenvalue weighted by atomic mass is 16.4. The average molecular weight is 313 g/mol. The van der Waals surface area contributed by atoms with Gasteiger partial charge in [0, 0.05) is 0 Å². The van der Waals surface area contributed by atoms with Gasteiger partial charge >= 0.3 is 5.63 Å². The Hall–Kier alpha value is -2.64. The monoisotopic (exact) mass is 313 g/mol. The van der Waals surface area contributed by atoms with Gasteiger partial charge in [-0.3, -0.25) is 5.01 Å². The van der Waals surface area contributed by atoms with Crippen molar-refractivity contribution in [2.24, 2.45) is 10.8 Å². The van der Waals surface area contributed by atoms with Crippen LogP contribution in [0.3, 0.4) is 0 Å². The van der Waals surface area contributed by atoms with Crippen LogP contribution in [0.4, 0.5) is 5.69 Å². The number of rotatable bonds is 0. The molecule has 7 nitrogen and oxygen atoms in total. The molecule has 4 rings (SSSR count). The molecule has 118 valence electrons. The fraction of sp³-hybridized carbons (Fsp3) is 0.250. The van der Waals surface area contributed by atoms with Crippen molar-refractivity contribution in [3.05, 3.63) is 39.9 Å². The molecular formula is C16H15N3O4. The lowest BCUT2D eigenvalue weighted by molar-refractivity contribution is -0.0782. The largest absolute Gasteiger partial charge is 0.452 e. The molecule has 1 unspecified atom stereocenters. The molecule has 2 aromatic heterocycles. The Morgan fingerprint density at radius 2 is 2.04 bits per heavy atom. The summed E-state index contributed by atoms with van der Waals surface area (Å²) in [6, 6.07) is 5.43. The van der Waals surface area contributed by atoms with E-state index < -0.39 is 11.4 Å². The predicted octanol–water partition coefficient (Wildman–Crippen LogP) is 2.25. The van der Waals surface area contributed by atoms with Crippen molar-refractivity contribution in [3.63, 3.8) is 0 Å². The van der Waals surface area contributed by atoms with Crippen molar-refractivity contribution >= 4 is 33.5 Å². The van der Waals surface area contributed by atoms with E-state index in [9.17, 15) is 9.90 Å². The molecule has 1 aliphatic heterocycles. The van der Waals surface area contributed by atoms with Crippen molar-refractivity contribution < 1.29 is 13.9 Å². The molecule has 3 heterocycles. The highest BCUT2D eigenvalue weighted by molar-refractivity contribution is 6.07. The summed E-state index contributed by atoms with van der Waals surface area (Å²) in [5.74, 6) is 6.35. The second-order valence-corrected chi connectivity index (χ2v) is 5.92. The first kappa shape index (κ1) is 14.0. The third-order valence-corrected chi connectivity index (χ3v) is 4.19. The predicted molar refractivity (Wildman–Crippen MR) is 85.4 cm³/mol. The number of benzene rings is 1. The molecule has 0 amide bonds. The van der Waals surface area contributed by atoms with Crippen molar-refractivity contribution in [2.75, 3.05) is 0 Å². The highest BCUT2D eigenvalue weighted by Gasteiger charge is 2.42. The Morgan fingerprint density at radius 3 is 2.78 bits per heavy atom. The average Bonchev–Trinajstić information content (AvgIpc) is 2.87. The lowest BCUT2D eigenvalue weighted by Crippen LogP contribution is -2.52. The van der Waals surface area contributed by atoms with E-state index in [2.05, 4.69) is 4.99 Å². The molecule has 3 aromatic rings. The molecule has 1 atom stereocenters. The number of hydrazine groups is 1. The maximum absolute atomic E-state index is 12.4. The number of amidine groups is 1. The van der Waals surface area contributed by atoms with Gasteiger partial charge in [0.05, 0.1) is 5.39 Å². The molecule has 1 aromatic carbocycles. The van der Waals surface area contributed by atoms with Gasteiger partial charge < -0.3 is 13.9 Å². The van der Waals surface area contributed by atoms with Crippen LogP contribution in [-0.4, -0.2) is 16.0 Å². The maximum atomic E-state index is 12.4. The number of fused-ring (bicyclic) bond motifs is 5. The van der Waals surface area contributed by atoms with Gasteiger partial charge in [0.15, 0.2) is 11.3 Å². The van der Waals surface area contributed by atoms with Gasteiger partial charge in [0.2, 0.25) is 5.72 Å². The Labute approximate surface area is 130 Å². The lowest BCUT2D eigenvalue weighted by atomic mass is 10.1. The van der Waals surface area contributed by atoms with E-state index in [0.29, 0.717) is 22.4 Å². The molecule has 0 saturated heterocycles. The standard InChI is InChI=1S/C16H15N3O4/c1-7-4-5-10-9(6-7)13-11(15(20)22-10)12-14(23-13)16(3,21)19(17)8(2)18-12/h4-6,21H,17H2,1-3H3. The fourth-order valence-electron chi connectivity index (χ4n) is 2.93. The van der Waals surface area contributed by atoms with Gasteiger partial charge in [-0.2, -0.15) is 0 Å². The second kappa shape index (κ2) is 4.21. The first-order valence-electron chi connectivity index (χ1n) is 7.13. The lowest BCUT2D eigenvalue weighted by Gasteiger charge is -2.35. The van der Waals surface area contributed by atoms with Crippen LogP contribution in [0, 0.1) is 6.92 Å². The van der Waals surface area contributed by atoms with Crippen molar-refractivity contribution in [1.82, 2.24) is 5.01 Å². The summed E-state index contributed by atoms with van der Waals surface area (Å²) >= 11 is 0. The first-order valence-corrected chi connectivity index (χ1v) is 7.13. The Kier molecular flexibility index (Phi) is 2.56. The molecule has 3 N–H and O–H groups in total. The number of aryl methyl sites for hydroxylation is 1. The first-order chi connectivity index (χ1) is 10.8. The van der Waals surface area contributed by atoms with E-state index >= 15 is 0 Å². The van der Waals surface area contributed by atoms with Crippen LogP contribution in [0.5, 0.6) is 0 Å². The number of aliphatic imine (C=N–C) groups is 1. The maximum Gasteiger partial charge on any atom is 0.349 e. The molecule has 0 fully saturated rings. The minimum absolute atomic E-state index is 0.127. The molecular weight excluding hydrogens is 298 g/mol. The zero-order chi connectivity index (χ0) is 16.5. The summed E-state index contributed by atoms with van der Waals surface area (Å²) in [6.07, 6.45) is 0. The molecule has 0 aliphatic carbocycles. The van der Waals surface area contributed by atoms with Crippen LogP contribution >= 0.6 is 0 Å². The van der Waals surface area contributed by atoms with Gasteiger partial charge in [-0.25, -0.2) is 15.6 Å². The third-order valence-electron chi connectivity index (χ3n) is 4.19. The summed E-state index contributed by atoms with van der Waals surface area (Å²) in [7, 11) is 0. The van der Waals surface area contributed by atoms with Crippen LogP contribution < -0.4 is 11.5 Å². The number of aliphatic hydroxyl groups is 1. The second-order valence-electron chi connectivity index (χ2n) is 5.92. The summed E-state index contributed by atoms with van der Waals surface area (Å²) in [6.45, 7) is 5.06. The number of hydrogen-bond acceptors (Lipinski definition) is 7. The summed E-state index contributed by atoms with van der Waals surface area (Å²) < 4.78 is 11.2. The molecule has 23 heavy (non-hydrogen) atoms. The van der Waals surface area contributed by atoms with Crippen LogP contribution in [0.15, 0.2) is 36.8 Å². The molecule has 0 spiro atoms. The molecule has 0 saturated carbocycles. The topological polar surface area (TPSA) is 105 Å². The highest BCUT2D eigenvalue weighted by Crippen LogP contribution is 2.43. The minimum atomic E-state index is -1.61. The van der Waals surface area contributed by atoms with E-state index in [0.717, 1.165) is 10.6 Å². The van der Waals surface area contributed by atoms with Crippen LogP contribution in [-0.2, 0) is 5.72 Å². The van der Waals surface area contributed by atoms with Gasteiger partial charge in [0.25, 0.3) is 0 Å². The SMILES string of the molecule is CC1=Nc2c(oc3c2c(=O)oc2ccc(C)cc23)C(C)(O)N1N.